The molecule has 2 heterocycles. The zero-order valence-electron chi connectivity index (χ0n) is 19.7. The summed E-state index contributed by atoms with van der Waals surface area (Å²) < 4.78 is 23.4. The van der Waals surface area contributed by atoms with E-state index in [2.05, 4.69) is 15.9 Å². The van der Waals surface area contributed by atoms with Crippen molar-refractivity contribution in [1.82, 2.24) is 0 Å². The summed E-state index contributed by atoms with van der Waals surface area (Å²) in [7, 11) is 0. The van der Waals surface area contributed by atoms with Crippen molar-refractivity contribution < 1.29 is 28.2 Å². The summed E-state index contributed by atoms with van der Waals surface area (Å²) in [6.45, 7) is 11.0. The number of alkyl halides is 1. The monoisotopic (exact) mass is 520 g/mol. The van der Waals surface area contributed by atoms with Crippen LogP contribution in [-0.2, 0) is 25.7 Å². The Labute approximate surface area is 200 Å². The van der Waals surface area contributed by atoms with Crippen LogP contribution in [0, 0.1) is 10.8 Å². The van der Waals surface area contributed by atoms with E-state index < -0.39 is 22.4 Å². The van der Waals surface area contributed by atoms with Gasteiger partial charge in [0.2, 0.25) is 5.60 Å². The van der Waals surface area contributed by atoms with Gasteiger partial charge < -0.3 is 18.6 Å². The summed E-state index contributed by atoms with van der Waals surface area (Å²) in [4.78, 5) is 38.4. The Hall–Kier alpha value is -2.35. The number of rotatable bonds is 6. The molecule has 1 unspecified atom stereocenters. The van der Waals surface area contributed by atoms with Gasteiger partial charge in [0.1, 0.15) is 23.7 Å². The molecule has 1 saturated carbocycles. The Morgan fingerprint density at radius 2 is 1.85 bits per heavy atom. The van der Waals surface area contributed by atoms with Gasteiger partial charge in [0.15, 0.2) is 5.43 Å². The number of ether oxygens (including phenoxy) is 3. The predicted molar refractivity (Wildman–Crippen MR) is 125 cm³/mol. The highest BCUT2D eigenvalue weighted by Crippen LogP contribution is 2.65. The summed E-state index contributed by atoms with van der Waals surface area (Å²) in [6.07, 6.45) is 0.822. The second-order valence-corrected chi connectivity index (χ2v) is 11.3. The Bertz CT molecular complexity index is 1200. The van der Waals surface area contributed by atoms with Crippen LogP contribution in [-0.4, -0.2) is 23.6 Å². The smallest absolute Gasteiger partial charge is 0.351 e. The van der Waals surface area contributed by atoms with Crippen molar-refractivity contribution in [1.29, 1.82) is 0 Å². The number of fused-ring (bicyclic) bond motifs is 3. The molecule has 1 aliphatic carbocycles. The fourth-order valence-corrected chi connectivity index (χ4v) is 5.15. The highest BCUT2D eigenvalue weighted by atomic mass is 79.9. The molecule has 0 N–H and O–H groups in total. The van der Waals surface area contributed by atoms with Gasteiger partial charge in [-0.1, -0.05) is 29.8 Å². The topological polar surface area (TPSA) is 92.0 Å². The number of benzene rings is 1. The van der Waals surface area contributed by atoms with Crippen LogP contribution in [0.5, 0.6) is 5.75 Å². The van der Waals surface area contributed by atoms with Gasteiger partial charge in [0.05, 0.1) is 27.3 Å². The van der Waals surface area contributed by atoms with E-state index in [1.165, 1.54) is 6.07 Å². The molecule has 7 nitrogen and oxygen atoms in total. The third-order valence-corrected chi connectivity index (χ3v) is 7.94. The van der Waals surface area contributed by atoms with Gasteiger partial charge >= 0.3 is 11.9 Å². The number of halogens is 1. The molecule has 0 spiro atoms. The third-order valence-electron chi connectivity index (χ3n) is 7.49. The standard InChI is InChI=1S/C25H29BrO7/c1-13(2)31-18-8-7-15-17(27)11-19(14(3)26)32-20(15)16(18)12-30-22(29)25-10-9-24(6,21(28)33-25)23(25,4)5/h7-8,11,13-14H,9-10,12H2,1-6H3/t14?,24-,25+/m0/s1. The van der Waals surface area contributed by atoms with Gasteiger partial charge in [0.25, 0.3) is 0 Å². The maximum absolute atomic E-state index is 13.4. The second kappa shape index (κ2) is 7.86. The molecular formula is C25H29BrO7. The average molecular weight is 521 g/mol. The first kappa shape index (κ1) is 23.8. The van der Waals surface area contributed by atoms with Gasteiger partial charge in [0, 0.05) is 11.5 Å². The largest absolute Gasteiger partial charge is 0.490 e. The molecule has 2 fully saturated rings. The normalized spacial score (nSPS) is 26.5. The van der Waals surface area contributed by atoms with Crippen LogP contribution in [0.25, 0.3) is 11.0 Å². The molecule has 178 valence electrons. The Morgan fingerprint density at radius 3 is 2.39 bits per heavy atom. The first-order chi connectivity index (χ1) is 15.3. The molecule has 1 saturated heterocycles. The summed E-state index contributed by atoms with van der Waals surface area (Å²) in [5.41, 5.74) is -2.21. The van der Waals surface area contributed by atoms with E-state index >= 15 is 0 Å². The lowest BCUT2D eigenvalue weighted by atomic mass is 9.66. The molecular weight excluding hydrogens is 492 g/mol. The molecule has 2 bridgehead atoms. The molecule has 1 aromatic carbocycles. The first-order valence-corrected chi connectivity index (χ1v) is 12.1. The molecule has 1 aliphatic heterocycles. The molecule has 33 heavy (non-hydrogen) atoms. The minimum absolute atomic E-state index is 0.147. The van der Waals surface area contributed by atoms with Crippen LogP contribution >= 0.6 is 15.9 Å². The lowest BCUT2D eigenvalue weighted by molar-refractivity contribution is -0.184. The van der Waals surface area contributed by atoms with Gasteiger partial charge in [-0.15, -0.1) is 0 Å². The molecule has 0 amide bonds. The quantitative estimate of drug-likeness (QED) is 0.381. The summed E-state index contributed by atoms with van der Waals surface area (Å²) in [6, 6.07) is 4.78. The number of hydrogen-bond donors (Lipinski definition) is 0. The first-order valence-electron chi connectivity index (χ1n) is 11.1. The molecule has 8 heteroatoms. The van der Waals surface area contributed by atoms with Crippen molar-refractivity contribution in [2.24, 2.45) is 10.8 Å². The number of carbonyl (C=O) groups excluding carboxylic acids is 2. The maximum Gasteiger partial charge on any atom is 0.351 e. The van der Waals surface area contributed by atoms with Crippen LogP contribution in [0.1, 0.15) is 70.5 Å². The highest BCUT2D eigenvalue weighted by molar-refractivity contribution is 9.09. The second-order valence-electron chi connectivity index (χ2n) is 9.96. The fourth-order valence-electron chi connectivity index (χ4n) is 4.93. The lowest BCUT2D eigenvalue weighted by Gasteiger charge is -2.34. The zero-order chi connectivity index (χ0) is 24.3. The van der Waals surface area contributed by atoms with Crippen molar-refractivity contribution >= 4 is 38.8 Å². The van der Waals surface area contributed by atoms with Gasteiger partial charge in [-0.05, 0) is 52.7 Å². The van der Waals surface area contributed by atoms with Crippen molar-refractivity contribution in [2.45, 2.75) is 77.5 Å². The number of carbonyl (C=O) groups is 2. The summed E-state index contributed by atoms with van der Waals surface area (Å²) in [5.74, 6) is -0.0457. The third kappa shape index (κ3) is 3.40. The van der Waals surface area contributed by atoms with Crippen LogP contribution in [0.3, 0.4) is 0 Å². The van der Waals surface area contributed by atoms with Gasteiger partial charge in [-0.2, -0.15) is 0 Å². The van der Waals surface area contributed by atoms with Crippen molar-refractivity contribution in [3.05, 3.63) is 39.7 Å². The fraction of sp³-hybridized carbons (Fsp3) is 0.560. The van der Waals surface area contributed by atoms with Crippen LogP contribution in [0.4, 0.5) is 0 Å². The maximum atomic E-state index is 13.4. The lowest BCUT2D eigenvalue weighted by Crippen LogP contribution is -2.48. The van der Waals surface area contributed by atoms with E-state index in [1.54, 1.807) is 12.1 Å². The highest BCUT2D eigenvalue weighted by Gasteiger charge is 2.76. The van der Waals surface area contributed by atoms with Crippen LogP contribution in [0.2, 0.25) is 0 Å². The Kier molecular flexibility index (Phi) is 5.67. The van der Waals surface area contributed by atoms with E-state index in [4.69, 9.17) is 18.6 Å². The SMILES string of the molecule is CC(C)Oc1ccc2c(=O)cc(C(C)Br)oc2c1COC(=O)[C@@]12CC[C@@](C)(C(=O)O1)C2(C)C. The van der Waals surface area contributed by atoms with E-state index in [0.717, 1.165) is 0 Å². The number of hydrogen-bond acceptors (Lipinski definition) is 7. The Balaban J connectivity index is 1.74. The molecule has 2 aromatic rings. The average Bonchev–Trinajstić information content (AvgIpc) is 3.02. The minimum atomic E-state index is -1.33. The molecule has 2 aliphatic rings. The van der Waals surface area contributed by atoms with Crippen LogP contribution < -0.4 is 10.2 Å². The zero-order valence-corrected chi connectivity index (χ0v) is 21.3. The summed E-state index contributed by atoms with van der Waals surface area (Å²) >= 11 is 3.44. The van der Waals surface area contributed by atoms with E-state index in [9.17, 15) is 14.4 Å². The van der Waals surface area contributed by atoms with Crippen molar-refractivity contribution in [3.63, 3.8) is 0 Å². The van der Waals surface area contributed by atoms with Crippen molar-refractivity contribution in [3.8, 4) is 5.75 Å². The predicted octanol–water partition coefficient (Wildman–Crippen LogP) is 5.20. The number of esters is 2. The van der Waals surface area contributed by atoms with E-state index in [0.29, 0.717) is 40.9 Å². The van der Waals surface area contributed by atoms with E-state index in [-0.39, 0.29) is 28.9 Å². The van der Waals surface area contributed by atoms with E-state index in [1.807, 2.05) is 41.5 Å². The van der Waals surface area contributed by atoms with Gasteiger partial charge in [-0.3, -0.25) is 9.59 Å². The van der Waals surface area contributed by atoms with Gasteiger partial charge in [-0.25, -0.2) is 4.79 Å². The summed E-state index contributed by atoms with van der Waals surface area (Å²) in [5, 5.41) is 0.369. The Morgan fingerprint density at radius 1 is 1.15 bits per heavy atom. The molecule has 1 aromatic heterocycles. The molecule has 3 atom stereocenters. The molecule has 0 radical (unpaired) electrons. The van der Waals surface area contributed by atoms with Crippen LogP contribution in [0.15, 0.2) is 27.4 Å². The molecule has 4 rings (SSSR count). The minimum Gasteiger partial charge on any atom is -0.490 e. The van der Waals surface area contributed by atoms with Crippen molar-refractivity contribution in [2.75, 3.05) is 0 Å².